The molecule has 0 spiro atoms. The second-order valence-electron chi connectivity index (χ2n) is 6.71. The molecule has 152 valence electrons. The van der Waals surface area contributed by atoms with Gasteiger partial charge in [-0.3, -0.25) is 15.2 Å². The fourth-order valence-electron chi connectivity index (χ4n) is 2.41. The minimum absolute atomic E-state index is 0.0835. The van der Waals surface area contributed by atoms with Gasteiger partial charge in [0.25, 0.3) is 5.91 Å². The lowest BCUT2D eigenvalue weighted by Crippen LogP contribution is -2.27. The van der Waals surface area contributed by atoms with Crippen LogP contribution < -0.4 is 10.0 Å². The molecule has 0 saturated carbocycles. The molecule has 3 N–H and O–H groups in total. The highest BCUT2D eigenvalue weighted by Gasteiger charge is 2.16. The number of rotatable bonds is 7. The normalized spacial score (nSPS) is 11.6. The first-order valence-electron chi connectivity index (χ1n) is 8.84. The number of nitrogens with zero attached hydrogens (tertiary/aromatic N) is 2. The van der Waals surface area contributed by atoms with E-state index >= 15 is 0 Å². The summed E-state index contributed by atoms with van der Waals surface area (Å²) < 4.78 is 27.0. The number of hydrogen-bond donors (Lipinski definition) is 3. The molecule has 2 aromatic carbocycles. The van der Waals surface area contributed by atoms with E-state index in [9.17, 15) is 13.2 Å². The summed E-state index contributed by atoms with van der Waals surface area (Å²) in [4.78, 5) is 16.7. The van der Waals surface area contributed by atoms with Crippen LogP contribution in [0.3, 0.4) is 0 Å². The van der Waals surface area contributed by atoms with Crippen molar-refractivity contribution in [2.24, 2.45) is 5.92 Å². The van der Waals surface area contributed by atoms with Gasteiger partial charge in [-0.05, 0) is 42.3 Å². The second-order valence-corrected chi connectivity index (χ2v) is 8.89. The van der Waals surface area contributed by atoms with Crippen molar-refractivity contribution >= 4 is 33.5 Å². The molecule has 29 heavy (non-hydrogen) atoms. The highest BCUT2D eigenvalue weighted by Crippen LogP contribution is 2.25. The maximum atomic E-state index is 12.4. The highest BCUT2D eigenvalue weighted by molar-refractivity contribution is 7.89. The number of anilines is 1. The van der Waals surface area contributed by atoms with Crippen LogP contribution in [0, 0.1) is 5.92 Å². The molecule has 0 radical (unpaired) electrons. The smallest absolute Gasteiger partial charge is 0.258 e. The van der Waals surface area contributed by atoms with Crippen LogP contribution >= 0.6 is 11.6 Å². The van der Waals surface area contributed by atoms with Crippen molar-refractivity contribution in [3.05, 3.63) is 59.1 Å². The van der Waals surface area contributed by atoms with Crippen LogP contribution in [-0.4, -0.2) is 36.1 Å². The largest absolute Gasteiger partial charge is 0.289 e. The Bertz CT molecular complexity index is 1110. The second kappa shape index (κ2) is 8.73. The summed E-state index contributed by atoms with van der Waals surface area (Å²) in [5.74, 6) is 0.226. The van der Waals surface area contributed by atoms with Crippen LogP contribution in [0.2, 0.25) is 5.02 Å². The summed E-state index contributed by atoms with van der Waals surface area (Å²) in [7, 11) is -3.61. The molecule has 1 heterocycles. The van der Waals surface area contributed by atoms with Gasteiger partial charge in [0.1, 0.15) is 0 Å². The fourth-order valence-corrected chi connectivity index (χ4v) is 3.85. The van der Waals surface area contributed by atoms with Crippen LogP contribution in [0.25, 0.3) is 11.4 Å². The Hall–Kier alpha value is -2.75. The van der Waals surface area contributed by atoms with Crippen molar-refractivity contribution in [1.29, 1.82) is 0 Å². The Morgan fingerprint density at radius 1 is 1.14 bits per heavy atom. The van der Waals surface area contributed by atoms with Gasteiger partial charge < -0.3 is 0 Å². The van der Waals surface area contributed by atoms with Gasteiger partial charge in [0.2, 0.25) is 16.0 Å². The number of sulfonamides is 1. The molecule has 0 atom stereocenters. The lowest BCUT2D eigenvalue weighted by Gasteiger charge is -2.09. The van der Waals surface area contributed by atoms with Gasteiger partial charge in [-0.1, -0.05) is 37.6 Å². The number of aromatic nitrogens is 3. The van der Waals surface area contributed by atoms with Gasteiger partial charge in [-0.25, -0.2) is 13.1 Å². The zero-order valence-electron chi connectivity index (χ0n) is 15.8. The molecule has 1 amide bonds. The topological polar surface area (TPSA) is 117 Å². The number of aromatic amines is 1. The van der Waals surface area contributed by atoms with Gasteiger partial charge >= 0.3 is 0 Å². The number of H-pyrrole nitrogens is 1. The summed E-state index contributed by atoms with van der Waals surface area (Å²) in [5, 5.41) is 9.76. The first-order valence-corrected chi connectivity index (χ1v) is 10.7. The van der Waals surface area contributed by atoms with E-state index in [1.54, 1.807) is 18.2 Å². The molecule has 0 aliphatic rings. The number of halogens is 1. The molecule has 3 rings (SSSR count). The van der Waals surface area contributed by atoms with Crippen molar-refractivity contribution in [1.82, 2.24) is 19.9 Å². The zero-order chi connectivity index (χ0) is 21.0. The molecule has 8 nitrogen and oxygen atoms in total. The maximum absolute atomic E-state index is 12.4. The first kappa shape index (κ1) is 21.0. The molecule has 0 unspecified atom stereocenters. The number of hydrogen-bond acceptors (Lipinski definition) is 5. The minimum atomic E-state index is -3.61. The van der Waals surface area contributed by atoms with Crippen LogP contribution in [0.5, 0.6) is 0 Å². The predicted molar refractivity (Wildman–Crippen MR) is 111 cm³/mol. The number of amides is 1. The Labute approximate surface area is 173 Å². The number of carbonyl (C=O) groups is 1. The SMILES string of the molecule is CC(C)CNS(=O)(=O)c1ccc(C(=O)Nc2n[nH]c(-c3ccccc3Cl)n2)cc1. The van der Waals surface area contributed by atoms with E-state index in [2.05, 4.69) is 25.2 Å². The van der Waals surface area contributed by atoms with Gasteiger partial charge in [0.15, 0.2) is 5.82 Å². The number of benzene rings is 2. The Morgan fingerprint density at radius 3 is 2.48 bits per heavy atom. The zero-order valence-corrected chi connectivity index (χ0v) is 17.4. The van der Waals surface area contributed by atoms with Crippen LogP contribution in [0.1, 0.15) is 24.2 Å². The minimum Gasteiger partial charge on any atom is -0.289 e. The third-order valence-corrected chi connectivity index (χ3v) is 5.72. The summed E-state index contributed by atoms with van der Waals surface area (Å²) in [5.41, 5.74) is 0.933. The van der Waals surface area contributed by atoms with Gasteiger partial charge in [0.05, 0.1) is 9.92 Å². The molecule has 10 heteroatoms. The van der Waals surface area contributed by atoms with Crippen LogP contribution in [-0.2, 0) is 10.0 Å². The Morgan fingerprint density at radius 2 is 1.83 bits per heavy atom. The molecule has 0 saturated heterocycles. The van der Waals surface area contributed by atoms with Crippen molar-refractivity contribution in [2.75, 3.05) is 11.9 Å². The van der Waals surface area contributed by atoms with Crippen molar-refractivity contribution in [2.45, 2.75) is 18.7 Å². The Balaban J connectivity index is 1.70. The van der Waals surface area contributed by atoms with Gasteiger partial charge in [0, 0.05) is 17.7 Å². The summed E-state index contributed by atoms with van der Waals surface area (Å²) in [6.07, 6.45) is 0. The first-order chi connectivity index (χ1) is 13.8. The fraction of sp³-hybridized carbons (Fsp3) is 0.211. The van der Waals surface area contributed by atoms with E-state index in [4.69, 9.17) is 11.6 Å². The number of nitrogens with one attached hydrogen (secondary N) is 3. The van der Waals surface area contributed by atoms with E-state index in [-0.39, 0.29) is 22.3 Å². The molecule has 0 bridgehead atoms. The van der Waals surface area contributed by atoms with Crippen molar-refractivity contribution < 1.29 is 13.2 Å². The van der Waals surface area contributed by atoms with Crippen LogP contribution in [0.15, 0.2) is 53.4 Å². The van der Waals surface area contributed by atoms with E-state index in [0.717, 1.165) is 0 Å². The lowest BCUT2D eigenvalue weighted by molar-refractivity contribution is 0.102. The summed E-state index contributed by atoms with van der Waals surface area (Å²) in [6, 6.07) is 12.7. The lowest BCUT2D eigenvalue weighted by atomic mass is 10.2. The van der Waals surface area contributed by atoms with E-state index in [0.29, 0.717) is 23.0 Å². The molecule has 1 aromatic heterocycles. The van der Waals surface area contributed by atoms with E-state index in [1.165, 1.54) is 24.3 Å². The monoisotopic (exact) mass is 433 g/mol. The Kier molecular flexibility index (Phi) is 6.31. The van der Waals surface area contributed by atoms with E-state index in [1.807, 2.05) is 19.9 Å². The summed E-state index contributed by atoms with van der Waals surface area (Å²) >= 11 is 6.13. The van der Waals surface area contributed by atoms with Gasteiger partial charge in [-0.15, -0.1) is 5.10 Å². The van der Waals surface area contributed by atoms with E-state index < -0.39 is 15.9 Å². The quantitative estimate of drug-likeness (QED) is 0.528. The third kappa shape index (κ3) is 5.20. The summed E-state index contributed by atoms with van der Waals surface area (Å²) in [6.45, 7) is 4.16. The van der Waals surface area contributed by atoms with Gasteiger partial charge in [-0.2, -0.15) is 4.98 Å². The molecule has 0 fully saturated rings. The van der Waals surface area contributed by atoms with Crippen molar-refractivity contribution in [3.63, 3.8) is 0 Å². The van der Waals surface area contributed by atoms with Crippen molar-refractivity contribution in [3.8, 4) is 11.4 Å². The molecular formula is C19H20ClN5O3S. The molecule has 0 aliphatic heterocycles. The standard InChI is InChI=1S/C19H20ClN5O3S/c1-12(2)11-21-29(27,28)14-9-7-13(8-10-14)18(26)23-19-22-17(24-25-19)15-5-3-4-6-16(15)20/h3-10,12,21H,11H2,1-2H3,(H2,22,23,24,25,26). The molecule has 0 aliphatic carbocycles. The molecular weight excluding hydrogens is 414 g/mol. The number of carbonyl (C=O) groups excluding carboxylic acids is 1. The molecule has 3 aromatic rings. The average Bonchev–Trinajstić information content (AvgIpc) is 3.15. The third-order valence-electron chi connectivity index (χ3n) is 3.95. The van der Waals surface area contributed by atoms with Crippen LogP contribution in [0.4, 0.5) is 5.95 Å². The average molecular weight is 434 g/mol. The maximum Gasteiger partial charge on any atom is 0.258 e. The highest BCUT2D eigenvalue weighted by atomic mass is 35.5. The predicted octanol–water partition coefficient (Wildman–Crippen LogP) is 3.31.